The molecule has 1 amide bonds. The van der Waals surface area contributed by atoms with Gasteiger partial charge in [-0.1, -0.05) is 25.4 Å². The first-order chi connectivity index (χ1) is 9.88. The van der Waals surface area contributed by atoms with E-state index in [4.69, 9.17) is 17.3 Å². The average Bonchev–Trinajstić information content (AvgIpc) is 2.77. The highest BCUT2D eigenvalue weighted by Gasteiger charge is 2.12. The van der Waals surface area contributed by atoms with E-state index in [0.29, 0.717) is 23.0 Å². The lowest BCUT2D eigenvalue weighted by Gasteiger charge is -2.09. The number of rotatable bonds is 5. The van der Waals surface area contributed by atoms with Gasteiger partial charge in [0.1, 0.15) is 0 Å². The number of hydrogen-bond acceptors (Lipinski definition) is 3. The highest BCUT2D eigenvalue weighted by molar-refractivity contribution is 6.34. The summed E-state index contributed by atoms with van der Waals surface area (Å²) >= 11 is 6.03. The minimum absolute atomic E-state index is 0.325. The van der Waals surface area contributed by atoms with Crippen molar-refractivity contribution >= 4 is 23.2 Å². The number of anilines is 1. The molecular formula is C15H19ClN4O. The number of hydrogen-bond donors (Lipinski definition) is 2. The van der Waals surface area contributed by atoms with Gasteiger partial charge in [-0.3, -0.25) is 9.48 Å². The second kappa shape index (κ2) is 6.18. The molecule has 3 N–H and O–H groups in total. The third kappa shape index (κ3) is 3.55. The van der Waals surface area contributed by atoms with Crippen LogP contribution in [0.4, 0.5) is 5.69 Å². The summed E-state index contributed by atoms with van der Waals surface area (Å²) in [4.78, 5) is 11.1. The maximum atomic E-state index is 11.1. The zero-order chi connectivity index (χ0) is 15.6. The van der Waals surface area contributed by atoms with Crippen LogP contribution in [0.2, 0.25) is 5.02 Å². The Morgan fingerprint density at radius 3 is 2.76 bits per heavy atom. The fraction of sp³-hybridized carbons (Fsp3) is 0.333. The second-order valence-electron chi connectivity index (χ2n) is 5.28. The highest BCUT2D eigenvalue weighted by atomic mass is 35.5. The molecule has 1 heterocycles. The highest BCUT2D eigenvalue weighted by Crippen LogP contribution is 2.22. The molecule has 0 atom stereocenters. The molecular weight excluding hydrogens is 288 g/mol. The molecule has 2 aromatic rings. The van der Waals surface area contributed by atoms with Gasteiger partial charge in [0.05, 0.1) is 16.3 Å². The molecule has 0 aliphatic carbocycles. The smallest absolute Gasteiger partial charge is 0.250 e. The normalized spacial score (nSPS) is 10.9. The standard InChI is InChI=1S/C15H19ClN4O/c1-9(2)14-10(8-20(3)19-14)7-18-11-4-5-12(15(17)21)13(16)6-11/h4-6,8-9,18H,7H2,1-3H3,(H2,17,21). The molecule has 6 heteroatoms. The zero-order valence-corrected chi connectivity index (χ0v) is 13.1. The van der Waals surface area contributed by atoms with E-state index in [1.165, 1.54) is 0 Å². The van der Waals surface area contributed by atoms with Crippen LogP contribution in [0.5, 0.6) is 0 Å². The van der Waals surface area contributed by atoms with E-state index < -0.39 is 5.91 Å². The van der Waals surface area contributed by atoms with Gasteiger partial charge >= 0.3 is 0 Å². The molecule has 5 nitrogen and oxygen atoms in total. The van der Waals surface area contributed by atoms with Crippen LogP contribution in [0.3, 0.4) is 0 Å². The van der Waals surface area contributed by atoms with Gasteiger partial charge in [-0.2, -0.15) is 5.10 Å². The van der Waals surface area contributed by atoms with Crippen molar-refractivity contribution in [3.05, 3.63) is 46.2 Å². The molecule has 21 heavy (non-hydrogen) atoms. The largest absolute Gasteiger partial charge is 0.381 e. The lowest BCUT2D eigenvalue weighted by Crippen LogP contribution is -2.11. The number of aryl methyl sites for hydroxylation is 1. The maximum absolute atomic E-state index is 11.1. The van der Waals surface area contributed by atoms with Crippen LogP contribution in [-0.2, 0) is 13.6 Å². The molecule has 2 rings (SSSR count). The van der Waals surface area contributed by atoms with Gasteiger partial charge in [0, 0.05) is 31.0 Å². The first-order valence-corrected chi connectivity index (χ1v) is 7.12. The fourth-order valence-corrected chi connectivity index (χ4v) is 2.47. The van der Waals surface area contributed by atoms with Crippen LogP contribution in [-0.4, -0.2) is 15.7 Å². The third-order valence-corrected chi connectivity index (χ3v) is 3.51. The molecule has 0 fully saturated rings. The van der Waals surface area contributed by atoms with Gasteiger partial charge in [0.25, 0.3) is 0 Å². The number of amides is 1. The van der Waals surface area contributed by atoms with Crippen molar-refractivity contribution in [3.8, 4) is 0 Å². The number of carbonyl (C=O) groups excluding carboxylic acids is 1. The monoisotopic (exact) mass is 306 g/mol. The molecule has 0 spiro atoms. The second-order valence-corrected chi connectivity index (χ2v) is 5.69. The van der Waals surface area contributed by atoms with E-state index in [1.807, 2.05) is 17.9 Å². The van der Waals surface area contributed by atoms with Gasteiger partial charge in [-0.05, 0) is 24.1 Å². The molecule has 0 saturated heterocycles. The van der Waals surface area contributed by atoms with Crippen molar-refractivity contribution in [2.24, 2.45) is 12.8 Å². The predicted molar refractivity (Wildman–Crippen MR) is 84.6 cm³/mol. The molecule has 0 aliphatic heterocycles. The molecule has 112 valence electrons. The SMILES string of the molecule is CC(C)c1nn(C)cc1CNc1ccc(C(N)=O)c(Cl)c1. The minimum atomic E-state index is -0.527. The molecule has 0 aliphatic rings. The van der Waals surface area contributed by atoms with E-state index in [0.717, 1.165) is 16.9 Å². The van der Waals surface area contributed by atoms with Crippen molar-refractivity contribution in [2.75, 3.05) is 5.32 Å². The lowest BCUT2D eigenvalue weighted by atomic mass is 10.1. The van der Waals surface area contributed by atoms with Crippen LogP contribution in [0.1, 0.15) is 41.4 Å². The first kappa shape index (κ1) is 15.4. The molecule has 0 saturated carbocycles. The lowest BCUT2D eigenvalue weighted by molar-refractivity contribution is 0.100. The Morgan fingerprint density at radius 2 is 2.19 bits per heavy atom. The van der Waals surface area contributed by atoms with Gasteiger partial charge in [-0.15, -0.1) is 0 Å². The van der Waals surface area contributed by atoms with E-state index in [2.05, 4.69) is 24.3 Å². The van der Waals surface area contributed by atoms with Crippen LogP contribution < -0.4 is 11.1 Å². The Balaban J connectivity index is 2.13. The van der Waals surface area contributed by atoms with Gasteiger partial charge in [-0.25, -0.2) is 0 Å². The number of benzene rings is 1. The fourth-order valence-electron chi connectivity index (χ4n) is 2.20. The predicted octanol–water partition coefficient (Wildman–Crippen LogP) is 2.91. The summed E-state index contributed by atoms with van der Waals surface area (Å²) in [6.07, 6.45) is 2.00. The van der Waals surface area contributed by atoms with Crippen LogP contribution in [0.25, 0.3) is 0 Å². The Bertz CT molecular complexity index is 664. The Morgan fingerprint density at radius 1 is 1.48 bits per heavy atom. The summed E-state index contributed by atoms with van der Waals surface area (Å²) < 4.78 is 1.81. The Kier molecular flexibility index (Phi) is 4.53. The van der Waals surface area contributed by atoms with E-state index >= 15 is 0 Å². The van der Waals surface area contributed by atoms with Gasteiger partial charge in [0.15, 0.2) is 0 Å². The summed E-state index contributed by atoms with van der Waals surface area (Å²) in [7, 11) is 1.91. The van der Waals surface area contributed by atoms with E-state index in [9.17, 15) is 4.79 Å². The van der Waals surface area contributed by atoms with Crippen molar-refractivity contribution in [1.29, 1.82) is 0 Å². The van der Waals surface area contributed by atoms with Crippen molar-refractivity contribution < 1.29 is 4.79 Å². The maximum Gasteiger partial charge on any atom is 0.250 e. The van der Waals surface area contributed by atoms with E-state index in [1.54, 1.807) is 18.2 Å². The number of nitrogens with one attached hydrogen (secondary N) is 1. The quantitative estimate of drug-likeness (QED) is 0.892. The molecule has 0 unspecified atom stereocenters. The number of aromatic nitrogens is 2. The zero-order valence-electron chi connectivity index (χ0n) is 12.4. The minimum Gasteiger partial charge on any atom is -0.381 e. The number of halogens is 1. The molecule has 1 aromatic carbocycles. The third-order valence-electron chi connectivity index (χ3n) is 3.20. The molecule has 0 bridgehead atoms. The van der Waals surface area contributed by atoms with Crippen LogP contribution >= 0.6 is 11.6 Å². The summed E-state index contributed by atoms with van der Waals surface area (Å²) in [5, 5.41) is 8.10. The number of primary amides is 1. The first-order valence-electron chi connectivity index (χ1n) is 6.74. The Labute approximate surface area is 129 Å². The van der Waals surface area contributed by atoms with Gasteiger partial charge < -0.3 is 11.1 Å². The molecule has 1 aromatic heterocycles. The number of nitrogens with zero attached hydrogens (tertiary/aromatic N) is 2. The average molecular weight is 307 g/mol. The van der Waals surface area contributed by atoms with Crippen molar-refractivity contribution in [2.45, 2.75) is 26.3 Å². The number of carbonyl (C=O) groups is 1. The summed E-state index contributed by atoms with van der Waals surface area (Å²) in [6.45, 7) is 4.88. The Hall–Kier alpha value is -2.01. The topological polar surface area (TPSA) is 72.9 Å². The molecule has 0 radical (unpaired) electrons. The number of nitrogens with two attached hydrogens (primary N) is 1. The van der Waals surface area contributed by atoms with E-state index in [-0.39, 0.29) is 0 Å². The van der Waals surface area contributed by atoms with Gasteiger partial charge in [0.2, 0.25) is 5.91 Å². The van der Waals surface area contributed by atoms with Crippen LogP contribution in [0, 0.1) is 0 Å². The van der Waals surface area contributed by atoms with Crippen molar-refractivity contribution in [3.63, 3.8) is 0 Å². The van der Waals surface area contributed by atoms with Crippen molar-refractivity contribution in [1.82, 2.24) is 9.78 Å². The van der Waals surface area contributed by atoms with Crippen LogP contribution in [0.15, 0.2) is 24.4 Å². The summed E-state index contributed by atoms with van der Waals surface area (Å²) in [5.74, 6) is -0.162. The summed E-state index contributed by atoms with van der Waals surface area (Å²) in [5.41, 5.74) is 8.61. The summed E-state index contributed by atoms with van der Waals surface area (Å²) in [6, 6.07) is 5.12.